The molecule has 2 atom stereocenters. The van der Waals surface area contributed by atoms with E-state index in [1.54, 1.807) is 0 Å². The second-order valence-electron chi connectivity index (χ2n) is 7.63. The van der Waals surface area contributed by atoms with Crippen LogP contribution < -0.4 is 10.6 Å². The van der Waals surface area contributed by atoms with Gasteiger partial charge in [0.15, 0.2) is 0 Å². The first kappa shape index (κ1) is 21.0. The monoisotopic (exact) mass is 435 g/mol. The van der Waals surface area contributed by atoms with E-state index in [1.165, 1.54) is 50.5 Å². The molecule has 0 saturated heterocycles. The highest BCUT2D eigenvalue weighted by atomic mass is 19.3. The normalized spacial score (nSPS) is 21.9. The Morgan fingerprint density at radius 1 is 1.13 bits per heavy atom. The summed E-state index contributed by atoms with van der Waals surface area (Å²) in [4.78, 5) is 16.0. The molecule has 1 aliphatic rings. The van der Waals surface area contributed by atoms with Gasteiger partial charge in [-0.25, -0.2) is 22.0 Å². The summed E-state index contributed by atoms with van der Waals surface area (Å²) >= 11 is 0. The van der Waals surface area contributed by atoms with E-state index >= 15 is 0 Å². The van der Waals surface area contributed by atoms with E-state index in [0.29, 0.717) is 5.69 Å². The van der Waals surface area contributed by atoms with E-state index in [1.807, 2.05) is 0 Å². The van der Waals surface area contributed by atoms with Gasteiger partial charge in [0.2, 0.25) is 5.91 Å². The predicted octanol–water partition coefficient (Wildman–Crippen LogP) is 5.54. The molecule has 1 aliphatic carbocycles. The summed E-state index contributed by atoms with van der Waals surface area (Å²) < 4.78 is 69.7. The van der Waals surface area contributed by atoms with Gasteiger partial charge in [-0.05, 0) is 42.8 Å². The van der Waals surface area contributed by atoms with Crippen LogP contribution in [-0.2, 0) is 4.79 Å². The van der Waals surface area contributed by atoms with Crippen LogP contribution in [0.4, 0.5) is 33.3 Å². The molecule has 162 valence electrons. The Bertz CT molecular complexity index is 1170. The minimum Gasteiger partial charge on any atom is -0.358 e. The highest BCUT2D eigenvalue weighted by Crippen LogP contribution is 2.71. The largest absolute Gasteiger partial charge is 0.358 e. The molecule has 2 aromatic carbocycles. The lowest BCUT2D eigenvalue weighted by Crippen LogP contribution is -2.31. The fourth-order valence-corrected chi connectivity index (χ4v) is 4.05. The average Bonchev–Trinajstić information content (AvgIpc) is 3.20. The second kappa shape index (κ2) is 7.18. The van der Waals surface area contributed by atoms with Gasteiger partial charge in [0.25, 0.3) is 12.3 Å². The predicted molar refractivity (Wildman–Crippen MR) is 106 cm³/mol. The number of benzene rings is 2. The maximum absolute atomic E-state index is 14.3. The minimum atomic E-state index is -3.20. The van der Waals surface area contributed by atoms with Crippen LogP contribution in [-0.4, -0.2) is 23.9 Å². The molecule has 2 unspecified atom stereocenters. The summed E-state index contributed by atoms with van der Waals surface area (Å²) in [6.07, 6.45) is -1.68. The number of fused-ring (bicyclic) bond motifs is 1. The van der Waals surface area contributed by atoms with Crippen molar-refractivity contribution >= 4 is 28.2 Å². The zero-order valence-corrected chi connectivity index (χ0v) is 16.5. The van der Waals surface area contributed by atoms with E-state index < -0.39 is 41.0 Å². The first-order chi connectivity index (χ1) is 14.6. The number of carbonyl (C=O) groups is 1. The maximum Gasteiger partial charge on any atom is 0.270 e. The summed E-state index contributed by atoms with van der Waals surface area (Å²) in [7, 11) is 1.30. The van der Waals surface area contributed by atoms with Gasteiger partial charge in [-0.1, -0.05) is 12.1 Å². The highest BCUT2D eigenvalue weighted by molar-refractivity contribution is 5.90. The molecular formula is C22H18F5N3O. The number of carbonyl (C=O) groups excluding carboxylic acids is 1. The molecule has 31 heavy (non-hydrogen) atoms. The number of alkyl halides is 4. The van der Waals surface area contributed by atoms with Crippen molar-refractivity contribution in [1.29, 1.82) is 0 Å². The summed E-state index contributed by atoms with van der Waals surface area (Å²) in [5, 5.41) is 5.04. The van der Waals surface area contributed by atoms with Crippen molar-refractivity contribution in [2.75, 3.05) is 12.4 Å². The number of aromatic nitrogens is 1. The quantitative estimate of drug-likeness (QED) is 0.518. The Kier molecular flexibility index (Phi) is 4.87. The van der Waals surface area contributed by atoms with Crippen LogP contribution in [0.2, 0.25) is 0 Å². The van der Waals surface area contributed by atoms with Gasteiger partial charge >= 0.3 is 0 Å². The van der Waals surface area contributed by atoms with Crippen molar-refractivity contribution in [3.8, 4) is 0 Å². The minimum absolute atomic E-state index is 0.0180. The van der Waals surface area contributed by atoms with Crippen LogP contribution in [0.3, 0.4) is 0 Å². The zero-order chi connectivity index (χ0) is 22.6. The third kappa shape index (κ3) is 3.19. The number of nitrogens with zero attached hydrogens (tertiary/aromatic N) is 1. The lowest BCUT2D eigenvalue weighted by Gasteiger charge is -2.14. The topological polar surface area (TPSA) is 54.0 Å². The molecule has 1 amide bonds. The Morgan fingerprint density at radius 3 is 2.42 bits per heavy atom. The van der Waals surface area contributed by atoms with E-state index in [9.17, 15) is 26.7 Å². The summed E-state index contributed by atoms with van der Waals surface area (Å²) in [6, 6.07) is 9.20. The lowest BCUT2D eigenvalue weighted by molar-refractivity contribution is -0.128. The zero-order valence-electron chi connectivity index (χ0n) is 16.5. The Labute approximate surface area is 174 Å². The number of halogens is 5. The van der Waals surface area contributed by atoms with Crippen molar-refractivity contribution in [2.24, 2.45) is 5.41 Å². The SMILES string of the molecule is CNC(=O)C1(C)C(c2ccc(Nc3cnc4ccc(F)cc4c3C(F)F)cc2)C1(F)F. The Morgan fingerprint density at radius 2 is 1.81 bits per heavy atom. The standard InChI is InChI=1S/C22H18F5N3O/c1-21(20(31)28-2)18(22(21,26)27)11-3-6-13(7-4-11)30-16-10-29-15-8-5-12(23)9-14(15)17(16)19(24)25/h3-10,18-19,30H,1-2H3,(H,28,31). The van der Waals surface area contributed by atoms with Crippen LogP contribution in [0.15, 0.2) is 48.7 Å². The van der Waals surface area contributed by atoms with Crippen molar-refractivity contribution < 1.29 is 26.7 Å². The number of hydrogen-bond acceptors (Lipinski definition) is 3. The maximum atomic E-state index is 14.3. The Balaban J connectivity index is 1.64. The Hall–Kier alpha value is -3.23. The van der Waals surface area contributed by atoms with Crippen LogP contribution in [0.5, 0.6) is 0 Å². The van der Waals surface area contributed by atoms with Gasteiger partial charge < -0.3 is 10.6 Å². The van der Waals surface area contributed by atoms with Gasteiger partial charge in [-0.2, -0.15) is 0 Å². The van der Waals surface area contributed by atoms with Gasteiger partial charge in [-0.3, -0.25) is 9.78 Å². The van der Waals surface area contributed by atoms with E-state index in [4.69, 9.17) is 0 Å². The molecule has 1 fully saturated rings. The molecule has 1 saturated carbocycles. The van der Waals surface area contributed by atoms with Crippen molar-refractivity contribution in [3.05, 3.63) is 65.6 Å². The third-order valence-corrected chi connectivity index (χ3v) is 5.86. The fourth-order valence-electron chi connectivity index (χ4n) is 4.05. The average molecular weight is 435 g/mol. The number of rotatable bonds is 5. The smallest absolute Gasteiger partial charge is 0.270 e. The first-order valence-corrected chi connectivity index (χ1v) is 9.44. The molecule has 0 radical (unpaired) electrons. The number of amides is 1. The lowest BCUT2D eigenvalue weighted by atomic mass is 10.00. The van der Waals surface area contributed by atoms with Gasteiger partial charge in [0.1, 0.15) is 11.2 Å². The molecule has 0 spiro atoms. The van der Waals surface area contributed by atoms with Crippen LogP contribution in [0, 0.1) is 11.2 Å². The summed E-state index contributed by atoms with van der Waals surface area (Å²) in [5.74, 6) is -5.89. The van der Waals surface area contributed by atoms with Crippen LogP contribution in [0.1, 0.15) is 30.4 Å². The molecule has 0 aliphatic heterocycles. The molecule has 1 aromatic heterocycles. The van der Waals surface area contributed by atoms with E-state index in [2.05, 4.69) is 15.6 Å². The van der Waals surface area contributed by atoms with Crippen LogP contribution in [0.25, 0.3) is 10.9 Å². The fraction of sp³-hybridized carbons (Fsp3) is 0.273. The first-order valence-electron chi connectivity index (χ1n) is 9.44. The molecule has 1 heterocycles. The van der Waals surface area contributed by atoms with Crippen molar-refractivity contribution in [3.63, 3.8) is 0 Å². The summed E-state index contributed by atoms with van der Waals surface area (Å²) in [5.41, 5.74) is -1.43. The molecule has 4 rings (SSSR count). The highest BCUT2D eigenvalue weighted by Gasteiger charge is 2.82. The van der Waals surface area contributed by atoms with E-state index in [0.717, 1.165) is 12.1 Å². The molecule has 3 aromatic rings. The van der Waals surface area contributed by atoms with Gasteiger partial charge in [0.05, 0.1) is 28.9 Å². The summed E-state index contributed by atoms with van der Waals surface area (Å²) in [6.45, 7) is 1.21. The number of pyridine rings is 1. The molecule has 9 heteroatoms. The number of hydrogen-bond donors (Lipinski definition) is 2. The number of nitrogens with one attached hydrogen (secondary N) is 2. The van der Waals surface area contributed by atoms with E-state index in [-0.39, 0.29) is 22.2 Å². The molecule has 2 N–H and O–H groups in total. The van der Waals surface area contributed by atoms with Crippen molar-refractivity contribution in [2.45, 2.75) is 25.2 Å². The van der Waals surface area contributed by atoms with Crippen LogP contribution >= 0.6 is 0 Å². The van der Waals surface area contributed by atoms with Crippen molar-refractivity contribution in [1.82, 2.24) is 10.3 Å². The molecular weight excluding hydrogens is 417 g/mol. The molecule has 0 bridgehead atoms. The molecule has 4 nitrogen and oxygen atoms in total. The van der Waals surface area contributed by atoms with Gasteiger partial charge in [-0.15, -0.1) is 0 Å². The third-order valence-electron chi connectivity index (χ3n) is 5.86. The number of anilines is 2. The van der Waals surface area contributed by atoms with Gasteiger partial charge in [0, 0.05) is 18.1 Å². The second-order valence-corrected chi connectivity index (χ2v) is 7.63.